The minimum Gasteiger partial charge on any atom is -0.184 e. The van der Waals surface area contributed by atoms with Crippen molar-refractivity contribution in [2.45, 2.75) is 53.4 Å². The summed E-state index contributed by atoms with van der Waals surface area (Å²) in [4.78, 5) is 0. The van der Waals surface area contributed by atoms with Crippen molar-refractivity contribution in [3.8, 4) is 22.3 Å². The molecule has 0 bridgehead atoms. The Hall–Kier alpha value is -1.83. The van der Waals surface area contributed by atoms with Gasteiger partial charge in [-0.3, -0.25) is 0 Å². The van der Waals surface area contributed by atoms with Crippen LogP contribution in [0.15, 0.2) is 84.9 Å². The van der Waals surface area contributed by atoms with Crippen LogP contribution in [-0.4, -0.2) is 9.52 Å². The van der Waals surface area contributed by atoms with Gasteiger partial charge in [-0.1, -0.05) is 102 Å². The molecule has 4 heteroatoms. The van der Waals surface area contributed by atoms with E-state index in [4.69, 9.17) is 17.0 Å². The second-order valence-electron chi connectivity index (χ2n) is 10.0. The number of halogens is 2. The zero-order chi connectivity index (χ0) is 27.8. The van der Waals surface area contributed by atoms with Crippen LogP contribution in [0.1, 0.15) is 48.9 Å². The summed E-state index contributed by atoms with van der Waals surface area (Å²) >= 11 is -0.826. The molecule has 1 heterocycles. The molecule has 1 aliphatic heterocycles. The van der Waals surface area contributed by atoms with Gasteiger partial charge in [0, 0.05) is 0 Å². The van der Waals surface area contributed by atoms with Gasteiger partial charge >= 0.3 is 37.9 Å². The van der Waals surface area contributed by atoms with Crippen molar-refractivity contribution in [3.63, 3.8) is 0 Å². The van der Waals surface area contributed by atoms with E-state index in [-0.39, 0.29) is 0 Å². The summed E-state index contributed by atoms with van der Waals surface area (Å²) in [6.07, 6.45) is 4.80. The molecule has 1 aliphatic rings. The van der Waals surface area contributed by atoms with Gasteiger partial charge in [-0.25, -0.2) is 0 Å². The Bertz CT molecular complexity index is 1470. The van der Waals surface area contributed by atoms with Gasteiger partial charge in [0.1, 0.15) is 0 Å². The third kappa shape index (κ3) is 7.47. The molecule has 0 amide bonds. The smallest absolute Gasteiger partial charge is 0.0920 e. The van der Waals surface area contributed by atoms with E-state index >= 15 is 0 Å². The molecule has 0 saturated carbocycles. The monoisotopic (exact) mass is 642 g/mol. The quantitative estimate of drug-likeness (QED) is 0.130. The number of fused-ring (bicyclic) bond motifs is 4. The Kier molecular flexibility index (Phi) is 11.4. The van der Waals surface area contributed by atoms with Crippen LogP contribution < -0.4 is 10.4 Å². The molecule has 0 saturated heterocycles. The van der Waals surface area contributed by atoms with Crippen molar-refractivity contribution in [2.75, 3.05) is 0 Å². The van der Waals surface area contributed by atoms with Crippen LogP contribution in [0.4, 0.5) is 0 Å². The van der Waals surface area contributed by atoms with Gasteiger partial charge in [0.15, 0.2) is 0 Å². The molecule has 0 N–H and O–H groups in total. The predicted molar refractivity (Wildman–Crippen MR) is 170 cm³/mol. The Labute approximate surface area is 255 Å². The predicted octanol–water partition coefficient (Wildman–Crippen LogP) is 9.25. The molecule has 0 spiro atoms. The van der Waals surface area contributed by atoms with Crippen LogP contribution in [0.3, 0.4) is 0 Å². The van der Waals surface area contributed by atoms with E-state index in [1.807, 2.05) is 6.07 Å². The maximum atomic E-state index is 4.93. The molecule has 0 aliphatic carbocycles. The van der Waals surface area contributed by atoms with Crippen LogP contribution in [-0.2, 0) is 33.7 Å². The Morgan fingerprint density at radius 2 is 1.59 bits per heavy atom. The third-order valence-electron chi connectivity index (χ3n) is 7.08. The number of hydrogen-bond acceptors (Lipinski definition) is 0. The molecule has 0 atom stereocenters. The zero-order valence-corrected chi connectivity index (χ0v) is 28.1. The van der Waals surface area contributed by atoms with Gasteiger partial charge in [-0.2, -0.15) is 35.5 Å². The first-order valence-electron chi connectivity index (χ1n) is 13.6. The fourth-order valence-electron chi connectivity index (χ4n) is 5.40. The maximum Gasteiger partial charge on any atom is 0.0920 e. The van der Waals surface area contributed by atoms with E-state index in [0.717, 1.165) is 15.9 Å². The van der Waals surface area contributed by atoms with E-state index in [1.165, 1.54) is 84.9 Å². The molecule has 5 aromatic carbocycles. The SMILES string of the molecule is CCCCc1cc2c(-c3cc(C)cc(C)c3)c(CC)ccc2[cH-]1.[Cl][Zr+2][Cl].[c-]1cccc2c1[Si]c1ccccc1-2. The second kappa shape index (κ2) is 14.7. The minimum atomic E-state index is -0.826. The summed E-state index contributed by atoms with van der Waals surface area (Å²) in [5, 5.41) is 5.64. The molecular formula is C35H34Cl2SiZr. The van der Waals surface area contributed by atoms with E-state index in [1.54, 1.807) is 0 Å². The second-order valence-corrected chi connectivity index (χ2v) is 15.0. The molecule has 0 aromatic heterocycles. The van der Waals surface area contributed by atoms with Crippen LogP contribution in [0.25, 0.3) is 33.0 Å². The molecule has 39 heavy (non-hydrogen) atoms. The average molecular weight is 645 g/mol. The Morgan fingerprint density at radius 1 is 0.872 bits per heavy atom. The fraction of sp³-hybridized carbons (Fsp3) is 0.229. The van der Waals surface area contributed by atoms with Gasteiger partial charge in [0.2, 0.25) is 0 Å². The summed E-state index contributed by atoms with van der Waals surface area (Å²) in [6, 6.07) is 34.5. The van der Waals surface area contributed by atoms with Crippen LogP contribution in [0, 0.1) is 19.9 Å². The summed E-state index contributed by atoms with van der Waals surface area (Å²) in [5.41, 5.74) is 11.2. The van der Waals surface area contributed by atoms with E-state index in [0.29, 0.717) is 0 Å². The van der Waals surface area contributed by atoms with Crippen LogP contribution in [0.5, 0.6) is 0 Å². The fourth-order valence-corrected chi connectivity index (χ4v) is 6.70. The molecule has 0 fully saturated rings. The van der Waals surface area contributed by atoms with Gasteiger partial charge in [-0.05, 0) is 32.3 Å². The van der Waals surface area contributed by atoms with Crippen molar-refractivity contribution in [1.29, 1.82) is 0 Å². The average Bonchev–Trinajstić information content (AvgIpc) is 3.52. The van der Waals surface area contributed by atoms with Crippen molar-refractivity contribution in [3.05, 3.63) is 113 Å². The number of unbranched alkanes of at least 4 members (excludes halogenated alkanes) is 1. The molecule has 0 nitrogen and oxygen atoms in total. The summed E-state index contributed by atoms with van der Waals surface area (Å²) in [7, 11) is 10.7. The van der Waals surface area contributed by atoms with Crippen molar-refractivity contribution in [2.24, 2.45) is 0 Å². The normalized spacial score (nSPS) is 11.0. The van der Waals surface area contributed by atoms with Crippen LogP contribution in [0.2, 0.25) is 0 Å². The molecule has 2 radical (unpaired) electrons. The summed E-state index contributed by atoms with van der Waals surface area (Å²) in [6.45, 7) is 8.91. The third-order valence-corrected chi connectivity index (χ3v) is 8.45. The molecule has 5 aromatic rings. The van der Waals surface area contributed by atoms with E-state index in [2.05, 4.69) is 113 Å². The number of benzene rings is 4. The zero-order valence-electron chi connectivity index (χ0n) is 23.2. The van der Waals surface area contributed by atoms with Gasteiger partial charge in [0.05, 0.1) is 9.52 Å². The first kappa shape index (κ1) is 30.1. The Balaban J connectivity index is 0.000000184. The van der Waals surface area contributed by atoms with Crippen molar-refractivity contribution < 1.29 is 20.8 Å². The summed E-state index contributed by atoms with van der Waals surface area (Å²) < 4.78 is 0. The van der Waals surface area contributed by atoms with Gasteiger partial charge in [0.25, 0.3) is 0 Å². The first-order chi connectivity index (χ1) is 19.0. The molecular weight excluding hydrogens is 611 g/mol. The van der Waals surface area contributed by atoms with Crippen molar-refractivity contribution >= 4 is 47.7 Å². The van der Waals surface area contributed by atoms with E-state index in [9.17, 15) is 0 Å². The minimum absolute atomic E-state index is 0.795. The molecule has 6 rings (SSSR count). The van der Waals surface area contributed by atoms with Gasteiger partial charge in [-0.15, -0.1) is 40.1 Å². The van der Waals surface area contributed by atoms with Crippen LogP contribution >= 0.6 is 17.0 Å². The molecule has 0 unspecified atom stereocenters. The van der Waals surface area contributed by atoms with E-state index < -0.39 is 20.8 Å². The van der Waals surface area contributed by atoms with Gasteiger partial charge < -0.3 is 0 Å². The standard InChI is InChI=1S/C23H27.C12H7Si.2ClH.Zr/c1-5-7-8-18-14-20-10-9-19(6-2)23(22(20)15-18)21-12-16(3)11-17(4)13-21;1-3-7-11-9(5-1)10-6-2-4-8-12(10)13-11;;;/h9-15H,5-8H2,1-4H3;1-7H;2*1H;/q2*-1;;;+4/p-2. The number of hydrogen-bond donors (Lipinski definition) is 0. The number of rotatable bonds is 5. The Morgan fingerprint density at radius 3 is 2.31 bits per heavy atom. The molecule has 196 valence electrons. The summed E-state index contributed by atoms with van der Waals surface area (Å²) in [5.74, 6) is 0. The van der Waals surface area contributed by atoms with Crippen molar-refractivity contribution in [1.82, 2.24) is 0 Å². The first-order valence-corrected chi connectivity index (χ1v) is 20.9. The maximum absolute atomic E-state index is 4.93. The number of aryl methyl sites for hydroxylation is 4. The largest absolute Gasteiger partial charge is 0.184 e. The topological polar surface area (TPSA) is 0 Å².